The predicted octanol–water partition coefficient (Wildman–Crippen LogP) is 0.574. The zero-order valence-electron chi connectivity index (χ0n) is 13.6. The normalized spacial score (nSPS) is 19.7. The SMILES string of the molecule is O=C(COC(=O)[C@H]1CCC(=O)N1)Nc1ccc(N2CCCC2=O)cc1. The molecule has 1 atom stereocenters. The summed E-state index contributed by atoms with van der Waals surface area (Å²) in [6.45, 7) is 0.287. The van der Waals surface area contributed by atoms with Crippen LogP contribution in [0.15, 0.2) is 24.3 Å². The van der Waals surface area contributed by atoms with Crippen molar-refractivity contribution in [3.63, 3.8) is 0 Å². The van der Waals surface area contributed by atoms with Gasteiger partial charge in [0.05, 0.1) is 0 Å². The summed E-state index contributed by atoms with van der Waals surface area (Å²) < 4.78 is 4.91. The highest BCUT2D eigenvalue weighted by Gasteiger charge is 2.28. The molecule has 0 radical (unpaired) electrons. The molecule has 8 heteroatoms. The van der Waals surface area contributed by atoms with E-state index in [1.165, 1.54) is 0 Å². The molecule has 1 aromatic rings. The topological polar surface area (TPSA) is 105 Å². The lowest BCUT2D eigenvalue weighted by molar-refractivity contribution is -0.149. The molecule has 2 saturated heterocycles. The van der Waals surface area contributed by atoms with Crippen molar-refractivity contribution < 1.29 is 23.9 Å². The van der Waals surface area contributed by atoms with Crippen LogP contribution in [0.25, 0.3) is 0 Å². The molecule has 2 aliphatic rings. The standard InChI is InChI=1S/C17H19N3O5/c21-14-8-7-13(19-14)17(24)25-10-15(22)18-11-3-5-12(6-4-11)20-9-1-2-16(20)23/h3-6,13H,1-2,7-10H2,(H,18,22)(H,19,21)/t13-/m1/s1. The van der Waals surface area contributed by atoms with Gasteiger partial charge in [0, 0.05) is 30.8 Å². The Labute approximate surface area is 144 Å². The first-order valence-corrected chi connectivity index (χ1v) is 8.19. The molecule has 2 fully saturated rings. The van der Waals surface area contributed by atoms with Gasteiger partial charge in [-0.1, -0.05) is 0 Å². The van der Waals surface area contributed by atoms with Crippen molar-refractivity contribution in [3.8, 4) is 0 Å². The van der Waals surface area contributed by atoms with Crippen LogP contribution < -0.4 is 15.5 Å². The van der Waals surface area contributed by atoms with E-state index in [1.807, 2.05) is 0 Å². The van der Waals surface area contributed by atoms with Gasteiger partial charge in [0.25, 0.3) is 5.91 Å². The van der Waals surface area contributed by atoms with Crippen LogP contribution in [0.5, 0.6) is 0 Å². The van der Waals surface area contributed by atoms with Crippen molar-refractivity contribution in [1.82, 2.24) is 5.32 Å². The molecule has 2 aliphatic heterocycles. The van der Waals surface area contributed by atoms with Crippen LogP contribution in [0, 0.1) is 0 Å². The number of hydrogen-bond donors (Lipinski definition) is 2. The number of nitrogens with one attached hydrogen (secondary N) is 2. The number of ether oxygens (including phenoxy) is 1. The minimum Gasteiger partial charge on any atom is -0.454 e. The van der Waals surface area contributed by atoms with Gasteiger partial charge in [-0.25, -0.2) is 4.79 Å². The fourth-order valence-electron chi connectivity index (χ4n) is 2.87. The Morgan fingerprint density at radius 1 is 1.20 bits per heavy atom. The molecular formula is C17H19N3O5. The zero-order valence-corrected chi connectivity index (χ0v) is 13.6. The molecule has 0 unspecified atom stereocenters. The number of carbonyl (C=O) groups is 4. The number of hydrogen-bond acceptors (Lipinski definition) is 5. The van der Waals surface area contributed by atoms with Crippen LogP contribution in [-0.2, 0) is 23.9 Å². The van der Waals surface area contributed by atoms with E-state index >= 15 is 0 Å². The summed E-state index contributed by atoms with van der Waals surface area (Å²) in [6.07, 6.45) is 2.09. The summed E-state index contributed by atoms with van der Waals surface area (Å²) in [6, 6.07) is 6.24. The van der Waals surface area contributed by atoms with E-state index in [0.717, 1.165) is 12.1 Å². The summed E-state index contributed by atoms with van der Waals surface area (Å²) in [4.78, 5) is 48.0. The number of benzene rings is 1. The molecule has 132 valence electrons. The lowest BCUT2D eigenvalue weighted by atomic mass is 10.2. The Balaban J connectivity index is 1.47. The quantitative estimate of drug-likeness (QED) is 0.759. The van der Waals surface area contributed by atoms with Crippen molar-refractivity contribution in [3.05, 3.63) is 24.3 Å². The molecule has 0 bridgehead atoms. The maximum absolute atomic E-state index is 11.8. The van der Waals surface area contributed by atoms with Gasteiger partial charge in [-0.05, 0) is 37.1 Å². The molecular weight excluding hydrogens is 326 g/mol. The minimum atomic E-state index is -0.669. The van der Waals surface area contributed by atoms with E-state index in [2.05, 4.69) is 10.6 Å². The van der Waals surface area contributed by atoms with Crippen LogP contribution in [0.1, 0.15) is 25.7 Å². The van der Waals surface area contributed by atoms with Gasteiger partial charge in [-0.2, -0.15) is 0 Å². The Kier molecular flexibility index (Phi) is 4.97. The highest BCUT2D eigenvalue weighted by molar-refractivity contribution is 5.96. The Bertz CT molecular complexity index is 701. The summed E-state index contributed by atoms with van der Waals surface area (Å²) in [5.41, 5.74) is 1.34. The van der Waals surface area contributed by atoms with Crippen LogP contribution in [0.3, 0.4) is 0 Å². The lowest BCUT2D eigenvalue weighted by Gasteiger charge is -2.16. The molecule has 0 aromatic heterocycles. The number of amides is 3. The van der Waals surface area contributed by atoms with Crippen LogP contribution >= 0.6 is 0 Å². The maximum atomic E-state index is 11.8. The number of carbonyl (C=O) groups excluding carboxylic acids is 4. The molecule has 0 spiro atoms. The van der Waals surface area contributed by atoms with Crippen molar-refractivity contribution >= 4 is 35.1 Å². The Morgan fingerprint density at radius 2 is 1.96 bits per heavy atom. The van der Waals surface area contributed by atoms with Crippen LogP contribution in [-0.4, -0.2) is 42.9 Å². The van der Waals surface area contributed by atoms with E-state index in [4.69, 9.17) is 4.74 Å². The number of nitrogens with zero attached hydrogens (tertiary/aromatic N) is 1. The van der Waals surface area contributed by atoms with Gasteiger partial charge in [0.15, 0.2) is 6.61 Å². The molecule has 3 rings (SSSR count). The number of esters is 1. The molecule has 2 N–H and O–H groups in total. The van der Waals surface area contributed by atoms with E-state index in [9.17, 15) is 19.2 Å². The van der Waals surface area contributed by atoms with Gasteiger partial charge >= 0.3 is 5.97 Å². The predicted molar refractivity (Wildman–Crippen MR) is 88.8 cm³/mol. The molecule has 25 heavy (non-hydrogen) atoms. The van der Waals surface area contributed by atoms with E-state index in [0.29, 0.717) is 25.1 Å². The lowest BCUT2D eigenvalue weighted by Crippen LogP contribution is -2.36. The van der Waals surface area contributed by atoms with E-state index in [-0.39, 0.29) is 18.2 Å². The van der Waals surface area contributed by atoms with E-state index in [1.54, 1.807) is 29.2 Å². The second kappa shape index (κ2) is 7.33. The third kappa shape index (κ3) is 4.14. The highest BCUT2D eigenvalue weighted by Crippen LogP contribution is 2.23. The van der Waals surface area contributed by atoms with Crippen molar-refractivity contribution in [1.29, 1.82) is 0 Å². The van der Waals surface area contributed by atoms with Gasteiger partial charge in [0.1, 0.15) is 6.04 Å². The van der Waals surface area contributed by atoms with Gasteiger partial charge in [-0.3, -0.25) is 14.4 Å². The van der Waals surface area contributed by atoms with Crippen molar-refractivity contribution in [2.24, 2.45) is 0 Å². The molecule has 2 heterocycles. The molecule has 0 saturated carbocycles. The first-order chi connectivity index (χ1) is 12.0. The fourth-order valence-corrected chi connectivity index (χ4v) is 2.87. The highest BCUT2D eigenvalue weighted by atomic mass is 16.5. The largest absolute Gasteiger partial charge is 0.454 e. The first kappa shape index (κ1) is 16.9. The second-order valence-electron chi connectivity index (χ2n) is 6.01. The Morgan fingerprint density at radius 3 is 2.56 bits per heavy atom. The van der Waals surface area contributed by atoms with Crippen LogP contribution in [0.4, 0.5) is 11.4 Å². The number of anilines is 2. The molecule has 3 amide bonds. The summed E-state index contributed by atoms with van der Waals surface area (Å²) >= 11 is 0. The molecule has 0 aliphatic carbocycles. The average Bonchev–Trinajstić information content (AvgIpc) is 3.22. The van der Waals surface area contributed by atoms with E-state index < -0.39 is 24.5 Å². The summed E-state index contributed by atoms with van der Waals surface area (Å²) in [5, 5.41) is 5.10. The molecule has 8 nitrogen and oxygen atoms in total. The van der Waals surface area contributed by atoms with Gasteiger partial charge in [0.2, 0.25) is 11.8 Å². The number of rotatable bonds is 5. The maximum Gasteiger partial charge on any atom is 0.329 e. The molecule has 1 aromatic carbocycles. The first-order valence-electron chi connectivity index (χ1n) is 8.19. The Hall–Kier alpha value is -2.90. The average molecular weight is 345 g/mol. The fraction of sp³-hybridized carbons (Fsp3) is 0.412. The second-order valence-corrected chi connectivity index (χ2v) is 6.01. The van der Waals surface area contributed by atoms with Crippen molar-refractivity contribution in [2.75, 3.05) is 23.4 Å². The van der Waals surface area contributed by atoms with Gasteiger partial charge in [-0.15, -0.1) is 0 Å². The summed E-state index contributed by atoms with van der Waals surface area (Å²) in [5.74, 6) is -1.17. The minimum absolute atomic E-state index is 0.0997. The smallest absolute Gasteiger partial charge is 0.329 e. The van der Waals surface area contributed by atoms with Crippen molar-refractivity contribution in [2.45, 2.75) is 31.7 Å². The third-order valence-corrected chi connectivity index (χ3v) is 4.16. The zero-order chi connectivity index (χ0) is 17.8. The summed E-state index contributed by atoms with van der Waals surface area (Å²) in [7, 11) is 0. The third-order valence-electron chi connectivity index (χ3n) is 4.16. The van der Waals surface area contributed by atoms with Gasteiger partial charge < -0.3 is 20.3 Å². The monoisotopic (exact) mass is 345 g/mol. The van der Waals surface area contributed by atoms with Crippen LogP contribution in [0.2, 0.25) is 0 Å².